The van der Waals surface area contributed by atoms with Crippen LogP contribution in [-0.4, -0.2) is 11.3 Å². The summed E-state index contributed by atoms with van der Waals surface area (Å²) in [6.45, 7) is 0. The van der Waals surface area contributed by atoms with Gasteiger partial charge in [-0.1, -0.05) is 0 Å². The molecule has 2 rings (SSSR count). The van der Waals surface area contributed by atoms with Gasteiger partial charge in [-0.05, 0) is 28.1 Å². The molecule has 0 saturated carbocycles. The van der Waals surface area contributed by atoms with E-state index in [1.165, 1.54) is 0 Å². The highest BCUT2D eigenvalue weighted by Crippen LogP contribution is 2.31. The largest absolute Gasteiger partial charge is 0.507 e. The fourth-order valence-electron chi connectivity index (χ4n) is 0.911. The molecular formula is C7H4BrN2O. The van der Waals surface area contributed by atoms with E-state index in [2.05, 4.69) is 26.5 Å². The fourth-order valence-corrected chi connectivity index (χ4v) is 1.24. The molecule has 0 aromatic heterocycles. The molecule has 0 atom stereocenters. The maximum absolute atomic E-state index is 9.23. The Labute approximate surface area is 71.9 Å². The average Bonchev–Trinajstić information content (AvgIpc) is 2.36. The summed E-state index contributed by atoms with van der Waals surface area (Å²) in [6.07, 6.45) is 1.61. The number of hydrogen-bond acceptors (Lipinski definition) is 2. The lowest BCUT2D eigenvalue weighted by atomic mass is 10.2. The van der Waals surface area contributed by atoms with Crippen molar-refractivity contribution in [2.75, 3.05) is 0 Å². The molecule has 1 aliphatic rings. The second-order valence-electron chi connectivity index (χ2n) is 2.21. The molecule has 0 aliphatic carbocycles. The van der Waals surface area contributed by atoms with Crippen molar-refractivity contribution in [3.8, 4) is 5.75 Å². The van der Waals surface area contributed by atoms with Gasteiger partial charge in [0.15, 0.2) is 0 Å². The lowest BCUT2D eigenvalue weighted by molar-refractivity contribution is 0.472. The molecular weight excluding hydrogens is 208 g/mol. The number of phenols is 1. The first-order chi connectivity index (χ1) is 5.27. The predicted molar refractivity (Wildman–Crippen MR) is 45.2 cm³/mol. The molecule has 0 bridgehead atoms. The maximum Gasteiger partial charge on any atom is 0.130 e. The van der Waals surface area contributed by atoms with Crippen LogP contribution in [0.25, 0.3) is 0 Å². The van der Waals surface area contributed by atoms with Gasteiger partial charge in [0.25, 0.3) is 0 Å². The summed E-state index contributed by atoms with van der Waals surface area (Å²) in [5.41, 5.74) is 5.47. The van der Waals surface area contributed by atoms with Crippen LogP contribution in [0.3, 0.4) is 0 Å². The van der Waals surface area contributed by atoms with Crippen LogP contribution in [0.4, 0.5) is 5.69 Å². The number of nitrogens with zero attached hydrogens (tertiary/aromatic N) is 2. The first kappa shape index (κ1) is 6.67. The number of fused-ring (bicyclic) bond motifs is 1. The molecule has 1 radical (unpaired) electrons. The summed E-state index contributed by atoms with van der Waals surface area (Å²) in [5, 5.41) is 12.9. The van der Waals surface area contributed by atoms with Gasteiger partial charge in [0.05, 0.1) is 16.4 Å². The molecule has 0 amide bonds. The molecule has 3 nitrogen and oxygen atoms in total. The lowest BCUT2D eigenvalue weighted by Gasteiger charge is -1.98. The molecule has 11 heavy (non-hydrogen) atoms. The Bertz CT molecular complexity index is 335. The third kappa shape index (κ3) is 0.991. The van der Waals surface area contributed by atoms with E-state index in [4.69, 9.17) is 0 Å². The van der Waals surface area contributed by atoms with Gasteiger partial charge in [0.2, 0.25) is 0 Å². The van der Waals surface area contributed by atoms with Crippen molar-refractivity contribution in [1.29, 1.82) is 0 Å². The van der Waals surface area contributed by atoms with Crippen LogP contribution in [-0.2, 0) is 0 Å². The van der Waals surface area contributed by atoms with E-state index in [0.717, 1.165) is 11.3 Å². The highest BCUT2D eigenvalue weighted by atomic mass is 79.9. The summed E-state index contributed by atoms with van der Waals surface area (Å²) >= 11 is 3.18. The van der Waals surface area contributed by atoms with Gasteiger partial charge >= 0.3 is 0 Å². The Morgan fingerprint density at radius 2 is 2.18 bits per heavy atom. The molecule has 1 aliphatic heterocycles. The maximum atomic E-state index is 9.23. The van der Waals surface area contributed by atoms with Crippen LogP contribution in [0.2, 0.25) is 0 Å². The molecule has 1 N–H and O–H groups in total. The Kier molecular flexibility index (Phi) is 1.35. The first-order valence-electron chi connectivity index (χ1n) is 3.04. The highest BCUT2D eigenvalue weighted by molar-refractivity contribution is 9.10. The van der Waals surface area contributed by atoms with E-state index in [1.807, 2.05) is 0 Å². The quantitative estimate of drug-likeness (QED) is 0.699. The van der Waals surface area contributed by atoms with Crippen molar-refractivity contribution >= 4 is 27.8 Å². The van der Waals surface area contributed by atoms with E-state index in [-0.39, 0.29) is 5.75 Å². The number of halogens is 1. The first-order valence-corrected chi connectivity index (χ1v) is 3.83. The molecule has 4 heteroatoms. The summed E-state index contributed by atoms with van der Waals surface area (Å²) in [4.78, 5) is 0. The van der Waals surface area contributed by atoms with E-state index in [9.17, 15) is 5.11 Å². The summed E-state index contributed by atoms with van der Waals surface area (Å²) in [5.74, 6) is 0.215. The van der Waals surface area contributed by atoms with Crippen molar-refractivity contribution in [3.63, 3.8) is 0 Å². The van der Waals surface area contributed by atoms with Gasteiger partial charge in [-0.2, -0.15) is 10.5 Å². The Morgan fingerprint density at radius 3 is 3.00 bits per heavy atom. The molecule has 0 fully saturated rings. The topological polar surface area (TPSA) is 46.7 Å². The lowest BCUT2D eigenvalue weighted by Crippen LogP contribution is -1.82. The van der Waals surface area contributed by atoms with Crippen LogP contribution in [0, 0.1) is 0 Å². The minimum absolute atomic E-state index is 0.215. The van der Waals surface area contributed by atoms with Crippen molar-refractivity contribution in [2.24, 2.45) is 5.10 Å². The summed E-state index contributed by atoms with van der Waals surface area (Å²) < 4.78 is 0.644. The number of benzene rings is 1. The Balaban J connectivity index is 2.63. The Morgan fingerprint density at radius 1 is 1.36 bits per heavy atom. The summed E-state index contributed by atoms with van der Waals surface area (Å²) in [6, 6.07) is 3.36. The fraction of sp³-hybridized carbons (Fsp3) is 0. The van der Waals surface area contributed by atoms with Gasteiger partial charge in [0, 0.05) is 5.56 Å². The Hall–Kier alpha value is -1.03. The van der Waals surface area contributed by atoms with Crippen molar-refractivity contribution in [2.45, 2.75) is 0 Å². The molecule has 55 valence electrons. The van der Waals surface area contributed by atoms with Crippen LogP contribution in [0.1, 0.15) is 5.56 Å². The van der Waals surface area contributed by atoms with Crippen LogP contribution < -0.4 is 5.43 Å². The van der Waals surface area contributed by atoms with Crippen molar-refractivity contribution < 1.29 is 5.11 Å². The van der Waals surface area contributed by atoms with Gasteiger partial charge in [-0.15, -0.1) is 0 Å². The molecule has 0 saturated heterocycles. The van der Waals surface area contributed by atoms with Gasteiger partial charge in [0.1, 0.15) is 5.75 Å². The number of aromatic hydroxyl groups is 1. The third-order valence-electron chi connectivity index (χ3n) is 1.46. The predicted octanol–water partition coefficient (Wildman–Crippen LogP) is 1.74. The van der Waals surface area contributed by atoms with E-state index < -0.39 is 0 Å². The second-order valence-corrected chi connectivity index (χ2v) is 3.06. The summed E-state index contributed by atoms with van der Waals surface area (Å²) in [7, 11) is 0. The van der Waals surface area contributed by atoms with Crippen LogP contribution in [0.15, 0.2) is 21.7 Å². The van der Waals surface area contributed by atoms with Gasteiger partial charge in [-0.3, -0.25) is 0 Å². The highest BCUT2D eigenvalue weighted by Gasteiger charge is 2.10. The monoisotopic (exact) mass is 211 g/mol. The van der Waals surface area contributed by atoms with E-state index in [0.29, 0.717) is 4.47 Å². The van der Waals surface area contributed by atoms with Gasteiger partial charge < -0.3 is 5.11 Å². The van der Waals surface area contributed by atoms with E-state index in [1.54, 1.807) is 18.3 Å². The average molecular weight is 212 g/mol. The van der Waals surface area contributed by atoms with Crippen LogP contribution >= 0.6 is 15.9 Å². The van der Waals surface area contributed by atoms with E-state index >= 15 is 0 Å². The van der Waals surface area contributed by atoms with Crippen molar-refractivity contribution in [3.05, 3.63) is 22.2 Å². The molecule has 1 aromatic rings. The molecule has 1 heterocycles. The van der Waals surface area contributed by atoms with Gasteiger partial charge in [-0.25, -0.2) is 0 Å². The molecule has 0 spiro atoms. The zero-order valence-electron chi connectivity index (χ0n) is 5.45. The zero-order chi connectivity index (χ0) is 7.84. The molecule has 1 aromatic carbocycles. The number of rotatable bonds is 0. The molecule has 0 unspecified atom stereocenters. The van der Waals surface area contributed by atoms with Crippen molar-refractivity contribution in [1.82, 2.24) is 5.43 Å². The normalized spacial score (nSPS) is 12.8. The standard InChI is InChI=1S/C7H4BrN2O/c8-5-2-6-4(1-7(5)11)3-9-10-6/h1-3,11H. The minimum Gasteiger partial charge on any atom is -0.507 e. The zero-order valence-corrected chi connectivity index (χ0v) is 7.04. The third-order valence-corrected chi connectivity index (χ3v) is 2.09. The smallest absolute Gasteiger partial charge is 0.130 e. The van der Waals surface area contributed by atoms with Crippen LogP contribution in [0.5, 0.6) is 5.75 Å². The minimum atomic E-state index is 0.215. The number of hydrogen-bond donors (Lipinski definition) is 1. The number of phenolic OH excluding ortho intramolecular Hbond substituents is 1. The SMILES string of the molecule is Oc1cc2c(cc1Br)[N]N=C2. The second kappa shape index (κ2) is 2.23.